The molecule has 0 saturated carbocycles. The number of aromatic nitrogens is 2. The average molecular weight is 334 g/mol. The summed E-state index contributed by atoms with van der Waals surface area (Å²) in [4.78, 5) is 19.2. The van der Waals surface area contributed by atoms with Crippen LogP contribution in [-0.4, -0.2) is 27.1 Å². The maximum atomic E-state index is 11.0. The maximum Gasteiger partial charge on any atom is 0.344 e. The van der Waals surface area contributed by atoms with Crippen molar-refractivity contribution in [2.24, 2.45) is 0 Å². The molecule has 7 heteroatoms. The summed E-state index contributed by atoms with van der Waals surface area (Å²) in [6.45, 7) is 1.68. The lowest BCUT2D eigenvalue weighted by Gasteiger charge is -2.15. The maximum absolute atomic E-state index is 11.0. The number of carboxylic acid groups (broad SMARTS) is 1. The third-order valence-electron chi connectivity index (χ3n) is 3.00. The summed E-state index contributed by atoms with van der Waals surface area (Å²) in [6, 6.07) is 9.60. The Morgan fingerprint density at radius 1 is 1.35 bits per heavy atom. The summed E-state index contributed by atoms with van der Waals surface area (Å²) in [5, 5.41) is 9.00. The predicted octanol–water partition coefficient (Wildman–Crippen LogP) is 3.12. The number of nitrogen functional groups attached to an aromatic ring is 1. The van der Waals surface area contributed by atoms with Crippen LogP contribution >= 0.6 is 11.6 Å². The molecule has 1 aromatic heterocycles. The van der Waals surface area contributed by atoms with E-state index < -0.39 is 12.1 Å². The molecule has 0 fully saturated rings. The molecule has 0 aliphatic heterocycles. The molecule has 0 spiro atoms. The first-order valence-corrected chi connectivity index (χ1v) is 7.34. The van der Waals surface area contributed by atoms with E-state index in [9.17, 15) is 4.79 Å². The summed E-state index contributed by atoms with van der Waals surface area (Å²) in [5.41, 5.74) is 6.78. The fourth-order valence-corrected chi connectivity index (χ4v) is 2.05. The fraction of sp³-hybridized carbons (Fsp3) is 0.188. The molecular formula is C16H16ClN3O3. The molecule has 3 N–H and O–H groups in total. The molecule has 1 aromatic carbocycles. The zero-order chi connectivity index (χ0) is 16.8. The number of hydrogen-bond donors (Lipinski definition) is 2. The van der Waals surface area contributed by atoms with Gasteiger partial charge in [0, 0.05) is 0 Å². The van der Waals surface area contributed by atoms with Crippen LogP contribution < -0.4 is 10.5 Å². The van der Waals surface area contributed by atoms with Crippen LogP contribution in [0.1, 0.15) is 24.7 Å². The first-order valence-electron chi connectivity index (χ1n) is 6.97. The largest absolute Gasteiger partial charge is 0.479 e. The van der Waals surface area contributed by atoms with E-state index in [-0.39, 0.29) is 23.1 Å². The Kier molecular flexibility index (Phi) is 5.54. The molecule has 1 unspecified atom stereocenters. The summed E-state index contributed by atoms with van der Waals surface area (Å²) in [7, 11) is 0. The number of benzene rings is 1. The normalized spacial score (nSPS) is 12.3. The Hall–Kier alpha value is -2.60. The molecule has 23 heavy (non-hydrogen) atoms. The highest BCUT2D eigenvalue weighted by atomic mass is 35.5. The molecule has 1 heterocycles. The minimum atomic E-state index is -1.10. The van der Waals surface area contributed by atoms with Crippen LogP contribution in [0.3, 0.4) is 0 Å². The molecule has 2 rings (SSSR count). The molecule has 6 nitrogen and oxygen atoms in total. The lowest BCUT2D eigenvalue weighted by molar-refractivity contribution is -0.145. The van der Waals surface area contributed by atoms with E-state index >= 15 is 0 Å². The first-order chi connectivity index (χ1) is 11.0. The third kappa shape index (κ3) is 4.43. The lowest BCUT2D eigenvalue weighted by Crippen LogP contribution is -2.26. The standard InChI is InChI=1S/C16H16ClN3O3/c1-2-11(16(21)22)23-13-14(17)19-12(20-15(13)18)9-8-10-6-4-3-5-7-10/h3-9,11H,2H2,1H3,(H,21,22)(H2,18,19,20)/b9-8+. The Bertz CT molecular complexity index is 697. The number of halogens is 1. The van der Waals surface area contributed by atoms with Crippen molar-refractivity contribution in [3.63, 3.8) is 0 Å². The quantitative estimate of drug-likeness (QED) is 0.788. The first kappa shape index (κ1) is 16.8. The minimum Gasteiger partial charge on any atom is -0.479 e. The van der Waals surface area contributed by atoms with Gasteiger partial charge in [0.25, 0.3) is 0 Å². The van der Waals surface area contributed by atoms with E-state index in [4.69, 9.17) is 27.2 Å². The summed E-state index contributed by atoms with van der Waals surface area (Å²) in [6.07, 6.45) is 2.69. The molecular weight excluding hydrogens is 318 g/mol. The van der Waals surface area contributed by atoms with Crippen molar-refractivity contribution in [2.45, 2.75) is 19.4 Å². The molecule has 0 amide bonds. The smallest absolute Gasteiger partial charge is 0.344 e. The predicted molar refractivity (Wildman–Crippen MR) is 89.2 cm³/mol. The van der Waals surface area contributed by atoms with Crippen molar-refractivity contribution in [1.82, 2.24) is 9.97 Å². The highest BCUT2D eigenvalue weighted by Crippen LogP contribution is 2.29. The summed E-state index contributed by atoms with van der Waals surface area (Å²) < 4.78 is 5.30. The van der Waals surface area contributed by atoms with Gasteiger partial charge in [-0.15, -0.1) is 0 Å². The van der Waals surface area contributed by atoms with Gasteiger partial charge in [-0.3, -0.25) is 0 Å². The van der Waals surface area contributed by atoms with Crippen molar-refractivity contribution in [2.75, 3.05) is 5.73 Å². The van der Waals surface area contributed by atoms with Gasteiger partial charge in [-0.25, -0.2) is 14.8 Å². The number of rotatable bonds is 6. The second-order valence-corrected chi connectivity index (χ2v) is 5.04. The number of carbonyl (C=O) groups is 1. The second-order valence-electron chi connectivity index (χ2n) is 4.68. The Labute approximate surface area is 138 Å². The van der Waals surface area contributed by atoms with Gasteiger partial charge in [0.05, 0.1) is 0 Å². The van der Waals surface area contributed by atoms with Gasteiger partial charge in [0.15, 0.2) is 28.6 Å². The van der Waals surface area contributed by atoms with Crippen LogP contribution in [0, 0.1) is 0 Å². The van der Waals surface area contributed by atoms with Crippen molar-refractivity contribution < 1.29 is 14.6 Å². The number of nitrogens with two attached hydrogens (primary N) is 1. The summed E-state index contributed by atoms with van der Waals surface area (Å²) >= 11 is 6.04. The van der Waals surface area contributed by atoms with Crippen LogP contribution in [0.5, 0.6) is 5.75 Å². The van der Waals surface area contributed by atoms with Gasteiger partial charge >= 0.3 is 5.97 Å². The molecule has 120 valence electrons. The highest BCUT2D eigenvalue weighted by Gasteiger charge is 2.21. The Morgan fingerprint density at radius 2 is 2.04 bits per heavy atom. The van der Waals surface area contributed by atoms with Crippen molar-refractivity contribution >= 4 is 35.5 Å². The van der Waals surface area contributed by atoms with E-state index in [0.717, 1.165) is 5.56 Å². The van der Waals surface area contributed by atoms with Gasteiger partial charge in [-0.2, -0.15) is 0 Å². The van der Waals surface area contributed by atoms with E-state index in [2.05, 4.69) is 9.97 Å². The molecule has 0 saturated heterocycles. The van der Waals surface area contributed by atoms with Gasteiger partial charge in [0.2, 0.25) is 0 Å². The minimum absolute atomic E-state index is 0.00240. The third-order valence-corrected chi connectivity index (χ3v) is 3.25. The topological polar surface area (TPSA) is 98.3 Å². The molecule has 2 aromatic rings. The zero-order valence-corrected chi connectivity index (χ0v) is 13.2. The molecule has 0 aliphatic rings. The SMILES string of the molecule is CCC(Oc1c(N)nc(/C=C/c2ccccc2)nc1Cl)C(=O)O. The van der Waals surface area contributed by atoms with Gasteiger partial charge < -0.3 is 15.6 Å². The van der Waals surface area contributed by atoms with E-state index in [1.807, 2.05) is 36.4 Å². The van der Waals surface area contributed by atoms with Crippen LogP contribution in [0.15, 0.2) is 30.3 Å². The van der Waals surface area contributed by atoms with E-state index in [1.165, 1.54) is 0 Å². The van der Waals surface area contributed by atoms with Crippen LogP contribution in [0.4, 0.5) is 5.82 Å². The zero-order valence-electron chi connectivity index (χ0n) is 12.4. The monoisotopic (exact) mass is 333 g/mol. The number of anilines is 1. The van der Waals surface area contributed by atoms with Gasteiger partial charge in [0.1, 0.15) is 0 Å². The van der Waals surface area contributed by atoms with E-state index in [1.54, 1.807) is 13.0 Å². The number of nitrogens with zero attached hydrogens (tertiary/aromatic N) is 2. The van der Waals surface area contributed by atoms with E-state index in [0.29, 0.717) is 5.82 Å². The number of aliphatic carboxylic acids is 1. The van der Waals surface area contributed by atoms with Crippen molar-refractivity contribution in [1.29, 1.82) is 0 Å². The van der Waals surface area contributed by atoms with Crippen LogP contribution in [0.2, 0.25) is 5.15 Å². The lowest BCUT2D eigenvalue weighted by atomic mass is 10.2. The average Bonchev–Trinajstić information content (AvgIpc) is 2.53. The fourth-order valence-electron chi connectivity index (χ4n) is 1.83. The highest BCUT2D eigenvalue weighted by molar-refractivity contribution is 6.31. The van der Waals surface area contributed by atoms with Crippen molar-refractivity contribution in [3.8, 4) is 5.75 Å². The van der Waals surface area contributed by atoms with Crippen LogP contribution in [-0.2, 0) is 4.79 Å². The number of hydrogen-bond acceptors (Lipinski definition) is 5. The van der Waals surface area contributed by atoms with Crippen molar-refractivity contribution in [3.05, 3.63) is 46.9 Å². The van der Waals surface area contributed by atoms with Gasteiger partial charge in [-0.1, -0.05) is 54.9 Å². The molecule has 1 atom stereocenters. The molecule has 0 aliphatic carbocycles. The Morgan fingerprint density at radius 3 is 2.61 bits per heavy atom. The number of carboxylic acids is 1. The number of ether oxygens (including phenoxy) is 1. The summed E-state index contributed by atoms with van der Waals surface area (Å²) in [5.74, 6) is -0.807. The molecule has 0 bridgehead atoms. The molecule has 0 radical (unpaired) electrons. The van der Waals surface area contributed by atoms with Gasteiger partial charge in [-0.05, 0) is 18.1 Å². The Balaban J connectivity index is 2.23. The van der Waals surface area contributed by atoms with Crippen LogP contribution in [0.25, 0.3) is 12.2 Å². The second kappa shape index (κ2) is 7.60.